The van der Waals surface area contributed by atoms with Crippen molar-refractivity contribution in [2.24, 2.45) is 0 Å². The minimum atomic E-state index is -0.996. The topological polar surface area (TPSA) is 73.7 Å². The summed E-state index contributed by atoms with van der Waals surface area (Å²) in [6.07, 6.45) is 3.44. The predicted molar refractivity (Wildman–Crippen MR) is 147 cm³/mol. The fraction of sp³-hybridized carbons (Fsp3) is 0.429. The smallest absolute Gasteiger partial charge is 0.427 e. The Hall–Kier alpha value is -2.51. The van der Waals surface area contributed by atoms with Crippen LogP contribution >= 0.6 is 0 Å². The molecule has 0 unspecified atom stereocenters. The molecule has 3 aromatic carbocycles. The third-order valence-electron chi connectivity index (χ3n) is 8.07. The number of hydrogen-bond donors (Lipinski definition) is 1. The highest BCUT2D eigenvalue weighted by Crippen LogP contribution is 2.37. The molecule has 0 amide bonds. The van der Waals surface area contributed by atoms with E-state index in [4.69, 9.17) is 23.9 Å². The largest absolute Gasteiger partial charge is 0.494 e. The molecular formula is C28H33B2N2O4. The van der Waals surface area contributed by atoms with Gasteiger partial charge in [0, 0.05) is 23.2 Å². The van der Waals surface area contributed by atoms with Crippen LogP contribution in [0.3, 0.4) is 0 Å². The van der Waals surface area contributed by atoms with Gasteiger partial charge in [0.25, 0.3) is 0 Å². The van der Waals surface area contributed by atoms with Gasteiger partial charge in [-0.25, -0.2) is 0 Å². The first-order valence-electron chi connectivity index (χ1n) is 12.4. The van der Waals surface area contributed by atoms with E-state index >= 15 is 0 Å². The van der Waals surface area contributed by atoms with Gasteiger partial charge in [0.15, 0.2) is 0 Å². The Morgan fingerprint density at radius 1 is 0.806 bits per heavy atom. The molecule has 1 aliphatic heterocycles. The summed E-state index contributed by atoms with van der Waals surface area (Å²) in [4.78, 5) is 9.42. The highest BCUT2D eigenvalue weighted by atomic mass is 16.7. The molecule has 0 aliphatic carbocycles. The average Bonchev–Trinajstić information content (AvgIpc) is 3.03. The minimum Gasteiger partial charge on any atom is -0.427 e. The molecule has 8 heteroatoms. The summed E-state index contributed by atoms with van der Waals surface area (Å²) in [5.41, 5.74) is 0.927. The number of aliphatic hydroxyl groups is 1. The van der Waals surface area contributed by atoms with Gasteiger partial charge < -0.3 is 19.1 Å². The molecule has 0 atom stereocenters. The SMILES string of the molecule is CC(C)(O)C(C)(C)O[B]c1ccc2c3ccc(B4OC(C)(C)C(C)(C)O4)cc3c3nccnc3c2c1. The second-order valence-corrected chi connectivity index (χ2v) is 11.8. The summed E-state index contributed by atoms with van der Waals surface area (Å²) in [6, 6.07) is 12.5. The molecule has 0 spiro atoms. The fourth-order valence-corrected chi connectivity index (χ4v) is 4.28. The first-order valence-corrected chi connectivity index (χ1v) is 12.4. The van der Waals surface area contributed by atoms with Crippen molar-refractivity contribution in [2.75, 3.05) is 0 Å². The summed E-state index contributed by atoms with van der Waals surface area (Å²) < 4.78 is 18.6. The zero-order valence-corrected chi connectivity index (χ0v) is 22.3. The number of fused-ring (bicyclic) bond motifs is 6. The van der Waals surface area contributed by atoms with E-state index in [2.05, 4.69) is 58.0 Å². The Bertz CT molecular complexity index is 1440. The van der Waals surface area contributed by atoms with Crippen LogP contribution in [0.15, 0.2) is 48.8 Å². The maximum atomic E-state index is 10.4. The lowest BCUT2D eigenvalue weighted by molar-refractivity contribution is -0.0893. The van der Waals surface area contributed by atoms with E-state index in [-0.39, 0.29) is 0 Å². The standard InChI is InChI=1S/C28H33B2N2O4/c1-25(2,33)26(3,4)34-29-17-9-11-19-20-12-10-18(30-35-27(5,6)28(7,8)36-30)16-22(20)24-23(21(19)15-17)31-13-14-32-24/h9-16,33H,1-8H3. The van der Waals surface area contributed by atoms with Gasteiger partial charge in [-0.05, 0) is 71.6 Å². The van der Waals surface area contributed by atoms with Crippen LogP contribution < -0.4 is 10.9 Å². The van der Waals surface area contributed by atoms with Crippen molar-refractivity contribution >= 4 is 58.1 Å². The van der Waals surface area contributed by atoms with Gasteiger partial charge >= 0.3 is 14.6 Å². The molecule has 0 bridgehead atoms. The van der Waals surface area contributed by atoms with Gasteiger partial charge in [0.2, 0.25) is 0 Å². The maximum Gasteiger partial charge on any atom is 0.494 e. The van der Waals surface area contributed by atoms with E-state index in [1.165, 1.54) is 0 Å². The molecule has 1 N–H and O–H groups in total. The Morgan fingerprint density at radius 3 is 1.89 bits per heavy atom. The lowest BCUT2D eigenvalue weighted by Gasteiger charge is -2.37. The Labute approximate surface area is 213 Å². The van der Waals surface area contributed by atoms with Crippen molar-refractivity contribution in [3.8, 4) is 0 Å². The quantitative estimate of drug-likeness (QED) is 0.341. The zero-order valence-electron chi connectivity index (χ0n) is 22.3. The average molecular weight is 483 g/mol. The van der Waals surface area contributed by atoms with Crippen molar-refractivity contribution in [2.45, 2.75) is 77.8 Å². The molecular weight excluding hydrogens is 450 g/mol. The van der Waals surface area contributed by atoms with Crippen LogP contribution in [0, 0.1) is 0 Å². The minimum absolute atomic E-state index is 0.410. The molecule has 36 heavy (non-hydrogen) atoms. The van der Waals surface area contributed by atoms with Crippen LogP contribution in [0.1, 0.15) is 55.4 Å². The van der Waals surface area contributed by atoms with Crippen molar-refractivity contribution < 1.29 is 19.1 Å². The van der Waals surface area contributed by atoms with Crippen molar-refractivity contribution in [3.05, 3.63) is 48.8 Å². The van der Waals surface area contributed by atoms with Gasteiger partial charge in [0.1, 0.15) is 0 Å². The summed E-state index contributed by atoms with van der Waals surface area (Å²) in [6.45, 7) is 15.5. The first-order chi connectivity index (χ1) is 16.7. The molecule has 1 radical (unpaired) electrons. The first kappa shape index (κ1) is 25.2. The Kier molecular flexibility index (Phi) is 5.76. The summed E-state index contributed by atoms with van der Waals surface area (Å²) >= 11 is 0. The molecule has 1 fully saturated rings. The molecule has 1 saturated heterocycles. The predicted octanol–water partition coefficient (Wildman–Crippen LogP) is 4.05. The van der Waals surface area contributed by atoms with Crippen molar-refractivity contribution in [3.63, 3.8) is 0 Å². The second kappa shape index (κ2) is 8.25. The Morgan fingerprint density at radius 2 is 1.33 bits per heavy atom. The van der Waals surface area contributed by atoms with E-state index in [1.54, 1.807) is 33.7 Å². The summed E-state index contributed by atoms with van der Waals surface area (Å²) in [5, 5.41) is 14.6. The third-order valence-corrected chi connectivity index (χ3v) is 8.07. The number of nitrogens with zero attached hydrogens (tertiary/aromatic N) is 2. The normalized spacial score (nSPS) is 17.9. The molecule has 6 nitrogen and oxygen atoms in total. The fourth-order valence-electron chi connectivity index (χ4n) is 4.28. The van der Waals surface area contributed by atoms with Crippen LogP contribution in [0.5, 0.6) is 0 Å². The van der Waals surface area contributed by atoms with E-state index in [1.807, 2.05) is 19.9 Å². The van der Waals surface area contributed by atoms with Crippen molar-refractivity contribution in [1.29, 1.82) is 0 Å². The number of rotatable bonds is 5. The molecule has 1 aromatic heterocycles. The zero-order chi connectivity index (χ0) is 26.1. The number of aromatic nitrogens is 2. The van der Waals surface area contributed by atoms with Crippen LogP contribution in [0.2, 0.25) is 0 Å². The van der Waals surface area contributed by atoms with Crippen LogP contribution in [0.25, 0.3) is 32.6 Å². The van der Waals surface area contributed by atoms with Crippen molar-refractivity contribution in [1.82, 2.24) is 9.97 Å². The summed E-state index contributed by atoms with van der Waals surface area (Å²) in [7, 11) is 1.25. The van der Waals surface area contributed by atoms with E-state index < -0.39 is 29.5 Å². The maximum absolute atomic E-state index is 10.4. The molecule has 185 valence electrons. The van der Waals surface area contributed by atoms with Crippen LogP contribution in [-0.4, -0.2) is 52.1 Å². The molecule has 2 heterocycles. The van der Waals surface area contributed by atoms with Gasteiger partial charge in [-0.2, -0.15) is 0 Å². The van der Waals surface area contributed by atoms with Gasteiger partial charge in [-0.1, -0.05) is 41.9 Å². The highest BCUT2D eigenvalue weighted by Gasteiger charge is 2.51. The monoisotopic (exact) mass is 483 g/mol. The third kappa shape index (κ3) is 4.10. The molecule has 1 aliphatic rings. The lowest BCUT2D eigenvalue weighted by Crippen LogP contribution is -2.49. The highest BCUT2D eigenvalue weighted by molar-refractivity contribution is 6.62. The lowest BCUT2D eigenvalue weighted by atomic mass is 9.77. The molecule has 0 saturated carbocycles. The second-order valence-electron chi connectivity index (χ2n) is 11.8. The van der Waals surface area contributed by atoms with Gasteiger partial charge in [-0.3, -0.25) is 9.97 Å². The van der Waals surface area contributed by atoms with E-state index in [0.717, 1.165) is 43.5 Å². The molecule has 4 aromatic rings. The van der Waals surface area contributed by atoms with Gasteiger partial charge in [-0.15, -0.1) is 0 Å². The number of hydrogen-bond acceptors (Lipinski definition) is 6. The van der Waals surface area contributed by atoms with Crippen LogP contribution in [0.4, 0.5) is 0 Å². The van der Waals surface area contributed by atoms with E-state index in [9.17, 15) is 5.11 Å². The number of benzene rings is 3. The van der Waals surface area contributed by atoms with Gasteiger partial charge in [0.05, 0.1) is 33.4 Å². The Balaban J connectivity index is 1.60. The van der Waals surface area contributed by atoms with Crippen LogP contribution in [-0.2, 0) is 14.0 Å². The van der Waals surface area contributed by atoms with E-state index in [0.29, 0.717) is 0 Å². The summed E-state index contributed by atoms with van der Waals surface area (Å²) in [5.74, 6) is 0. The molecule has 5 rings (SSSR count).